The Hall–Kier alpha value is -3.14. The number of carbonyl (C=O) groups excluding carboxylic acids is 2. The first kappa shape index (κ1) is 23.5. The summed E-state index contributed by atoms with van der Waals surface area (Å²) in [7, 11) is 0. The van der Waals surface area contributed by atoms with Crippen LogP contribution in [-0.2, 0) is 19.1 Å². The topological polar surface area (TPSA) is 52.6 Å². The minimum absolute atomic E-state index is 0.101. The first-order chi connectivity index (χ1) is 15.6. The molecule has 0 radical (unpaired) electrons. The predicted molar refractivity (Wildman–Crippen MR) is 128 cm³/mol. The molecule has 1 atom stereocenters. The second-order valence-corrected chi connectivity index (χ2v) is 7.86. The molecule has 4 nitrogen and oxygen atoms in total. The number of ether oxygens (including phenoxy) is 2. The predicted octanol–water partition coefficient (Wildman–Crippen LogP) is 6.23. The molecule has 0 bridgehead atoms. The summed E-state index contributed by atoms with van der Waals surface area (Å²) in [5.74, 6) is -0.718. The molecule has 4 heteroatoms. The van der Waals surface area contributed by atoms with E-state index in [1.54, 1.807) is 0 Å². The highest BCUT2D eigenvalue weighted by molar-refractivity contribution is 6.20. The third-order valence-electron chi connectivity index (χ3n) is 5.73. The summed E-state index contributed by atoms with van der Waals surface area (Å²) in [6, 6.07) is 19.6. The van der Waals surface area contributed by atoms with Crippen molar-refractivity contribution in [2.24, 2.45) is 5.92 Å². The maximum atomic E-state index is 13.3. The molecule has 2 aromatic rings. The molecular weight excluding hydrogens is 400 g/mol. The van der Waals surface area contributed by atoms with Gasteiger partial charge in [-0.3, -0.25) is 0 Å². The maximum Gasteiger partial charge on any atom is 0.334 e. The van der Waals surface area contributed by atoms with Crippen molar-refractivity contribution in [2.75, 3.05) is 13.2 Å². The fourth-order valence-electron chi connectivity index (χ4n) is 4.35. The third kappa shape index (κ3) is 5.18. The van der Waals surface area contributed by atoms with Crippen LogP contribution in [0.15, 0.2) is 71.8 Å². The number of allylic oxidation sites excluding steroid dienone is 2. The summed E-state index contributed by atoms with van der Waals surface area (Å²) in [6.07, 6.45) is 3.25. The number of esters is 2. The van der Waals surface area contributed by atoms with Crippen molar-refractivity contribution in [1.29, 1.82) is 0 Å². The number of carbonyl (C=O) groups is 2. The Morgan fingerprint density at radius 2 is 1.31 bits per heavy atom. The van der Waals surface area contributed by atoms with Gasteiger partial charge in [0.2, 0.25) is 0 Å². The van der Waals surface area contributed by atoms with E-state index in [0.29, 0.717) is 30.8 Å². The third-order valence-corrected chi connectivity index (χ3v) is 5.73. The zero-order valence-electron chi connectivity index (χ0n) is 19.2. The van der Waals surface area contributed by atoms with Crippen molar-refractivity contribution in [1.82, 2.24) is 0 Å². The minimum atomic E-state index is -0.316. The minimum Gasteiger partial charge on any atom is -0.463 e. The summed E-state index contributed by atoms with van der Waals surface area (Å²) >= 11 is 0. The van der Waals surface area contributed by atoms with E-state index in [9.17, 15) is 9.59 Å². The van der Waals surface area contributed by atoms with Gasteiger partial charge >= 0.3 is 11.9 Å². The Morgan fingerprint density at radius 3 is 1.84 bits per heavy atom. The van der Waals surface area contributed by atoms with Gasteiger partial charge in [-0.25, -0.2) is 9.59 Å². The highest BCUT2D eigenvalue weighted by atomic mass is 16.5. The van der Waals surface area contributed by atoms with Gasteiger partial charge in [0.1, 0.15) is 0 Å². The Bertz CT molecular complexity index is 987. The number of unbranched alkanes of at least 4 members (excludes halogenated alkanes) is 1. The molecule has 168 valence electrons. The van der Waals surface area contributed by atoms with Crippen LogP contribution in [0.4, 0.5) is 0 Å². The molecule has 1 unspecified atom stereocenters. The van der Waals surface area contributed by atoms with Gasteiger partial charge < -0.3 is 9.47 Å². The molecule has 0 heterocycles. The van der Waals surface area contributed by atoms with Crippen LogP contribution in [0.5, 0.6) is 0 Å². The van der Waals surface area contributed by atoms with Crippen molar-refractivity contribution in [3.8, 4) is 0 Å². The Labute approximate surface area is 190 Å². The second-order valence-electron chi connectivity index (χ2n) is 7.86. The van der Waals surface area contributed by atoms with Crippen LogP contribution in [-0.4, -0.2) is 25.2 Å². The van der Waals surface area contributed by atoms with Gasteiger partial charge in [-0.1, -0.05) is 80.4 Å². The zero-order valence-corrected chi connectivity index (χ0v) is 19.2. The number of hydrogen-bond donors (Lipinski definition) is 0. The van der Waals surface area contributed by atoms with Gasteiger partial charge in [0, 0.05) is 22.3 Å². The lowest BCUT2D eigenvalue weighted by Crippen LogP contribution is -2.26. The maximum absolute atomic E-state index is 13.3. The normalized spacial score (nSPS) is 16.2. The first-order valence-electron chi connectivity index (χ1n) is 11.5. The van der Waals surface area contributed by atoms with E-state index >= 15 is 0 Å². The number of rotatable bonds is 9. The monoisotopic (exact) mass is 432 g/mol. The van der Waals surface area contributed by atoms with Crippen molar-refractivity contribution in [3.63, 3.8) is 0 Å². The molecule has 0 N–H and O–H groups in total. The Morgan fingerprint density at radius 1 is 0.781 bits per heavy atom. The van der Waals surface area contributed by atoms with Crippen molar-refractivity contribution < 1.29 is 19.1 Å². The summed E-state index contributed by atoms with van der Waals surface area (Å²) in [5, 5.41) is 0. The molecule has 3 rings (SSSR count). The molecule has 1 aliphatic carbocycles. The smallest absolute Gasteiger partial charge is 0.334 e. The van der Waals surface area contributed by atoms with Gasteiger partial charge in [0.25, 0.3) is 0 Å². The van der Waals surface area contributed by atoms with E-state index in [2.05, 4.69) is 6.92 Å². The van der Waals surface area contributed by atoms with Gasteiger partial charge in [-0.15, -0.1) is 0 Å². The van der Waals surface area contributed by atoms with E-state index in [0.717, 1.165) is 41.5 Å². The van der Waals surface area contributed by atoms with E-state index in [1.807, 2.05) is 74.5 Å². The summed E-state index contributed by atoms with van der Waals surface area (Å²) in [4.78, 5) is 26.5. The standard InChI is InChI=1S/C28H32O4/c1-4-7-14-22-19-23(27(29)31-5-2)24(20-15-10-8-11-16-20)25(21-17-12-9-13-18-21)26(22)28(30)32-6-3/h8-13,15-18,22H,4-7,14,19H2,1-3H3. The van der Waals surface area contributed by atoms with Gasteiger partial charge in [-0.05, 0) is 43.7 Å². The SMILES string of the molecule is CCCCC1CC(C(=O)OCC)=C(c2ccccc2)C(c2ccccc2)=C1C(=O)OCC. The van der Waals surface area contributed by atoms with Crippen LogP contribution in [0.2, 0.25) is 0 Å². The Balaban J connectivity index is 2.36. The first-order valence-corrected chi connectivity index (χ1v) is 11.5. The molecular formula is C28H32O4. The highest BCUT2D eigenvalue weighted by Gasteiger charge is 2.37. The lowest BCUT2D eigenvalue weighted by molar-refractivity contribution is -0.140. The van der Waals surface area contributed by atoms with Crippen LogP contribution in [0.25, 0.3) is 11.1 Å². The largest absolute Gasteiger partial charge is 0.463 e. The van der Waals surface area contributed by atoms with Crippen LogP contribution >= 0.6 is 0 Å². The van der Waals surface area contributed by atoms with Crippen molar-refractivity contribution in [3.05, 3.63) is 82.9 Å². The molecule has 0 aliphatic heterocycles. The van der Waals surface area contributed by atoms with Gasteiger partial charge in [0.15, 0.2) is 0 Å². The quantitative estimate of drug-likeness (QED) is 0.441. The lowest BCUT2D eigenvalue weighted by atomic mass is 9.72. The molecule has 0 saturated heterocycles. The molecule has 0 saturated carbocycles. The molecule has 0 fully saturated rings. The van der Waals surface area contributed by atoms with Crippen molar-refractivity contribution in [2.45, 2.75) is 46.5 Å². The summed E-state index contributed by atoms with van der Waals surface area (Å²) < 4.78 is 11.0. The summed E-state index contributed by atoms with van der Waals surface area (Å²) in [6.45, 7) is 6.38. The van der Waals surface area contributed by atoms with E-state index in [1.165, 1.54) is 0 Å². The second kappa shape index (κ2) is 11.5. The van der Waals surface area contributed by atoms with Crippen LogP contribution < -0.4 is 0 Å². The van der Waals surface area contributed by atoms with E-state index in [4.69, 9.17) is 9.47 Å². The van der Waals surface area contributed by atoms with Crippen LogP contribution in [0.3, 0.4) is 0 Å². The van der Waals surface area contributed by atoms with Crippen molar-refractivity contribution >= 4 is 23.1 Å². The molecule has 32 heavy (non-hydrogen) atoms. The molecule has 0 spiro atoms. The van der Waals surface area contributed by atoms with Crippen LogP contribution in [0.1, 0.15) is 57.6 Å². The van der Waals surface area contributed by atoms with E-state index in [-0.39, 0.29) is 17.9 Å². The average Bonchev–Trinajstić information content (AvgIpc) is 2.83. The molecule has 1 aliphatic rings. The Kier molecular flexibility index (Phi) is 8.43. The zero-order chi connectivity index (χ0) is 22.9. The summed E-state index contributed by atoms with van der Waals surface area (Å²) in [5.41, 5.74) is 4.64. The average molecular weight is 433 g/mol. The number of benzene rings is 2. The fourth-order valence-corrected chi connectivity index (χ4v) is 4.35. The lowest BCUT2D eigenvalue weighted by Gasteiger charge is -2.31. The van der Waals surface area contributed by atoms with Gasteiger partial charge in [0.05, 0.1) is 13.2 Å². The molecule has 0 aromatic heterocycles. The molecule has 0 amide bonds. The van der Waals surface area contributed by atoms with Crippen LogP contribution in [0, 0.1) is 5.92 Å². The van der Waals surface area contributed by atoms with E-state index < -0.39 is 0 Å². The number of hydrogen-bond acceptors (Lipinski definition) is 4. The highest BCUT2D eigenvalue weighted by Crippen LogP contribution is 2.47. The fraction of sp³-hybridized carbons (Fsp3) is 0.357. The van der Waals surface area contributed by atoms with Gasteiger partial charge in [-0.2, -0.15) is 0 Å². The molecule has 2 aromatic carbocycles.